The normalized spacial score (nSPS) is 11.5. The van der Waals surface area contributed by atoms with Crippen molar-refractivity contribution < 1.29 is 40.5 Å². The number of aliphatic carboxylic acids is 1. The molecule has 0 aromatic carbocycles. The quantitative estimate of drug-likeness (QED) is 0.226. The molecule has 0 saturated heterocycles. The molecule has 1 atom stereocenters. The monoisotopic (exact) mass is 384 g/mol. The smallest absolute Gasteiger partial charge is 0.306 e. The molecule has 0 heterocycles. The van der Waals surface area contributed by atoms with Crippen LogP contribution in [0, 0.1) is 5.92 Å². The Bertz CT molecular complexity index is 258. The molecule has 0 radical (unpaired) electrons. The highest BCUT2D eigenvalue weighted by Gasteiger charge is 2.15. The largest absolute Gasteiger partial charge is 0.481 e. The van der Waals surface area contributed by atoms with Gasteiger partial charge in [0.25, 0.3) is 0 Å². The molecular formula is C18H40O8. The summed E-state index contributed by atoms with van der Waals surface area (Å²) in [4.78, 5) is 10.9. The number of unbranched alkanes of at least 4 members (excludes halogenated alkanes) is 4. The molecule has 160 valence electrons. The second-order valence-corrected chi connectivity index (χ2v) is 6.06. The van der Waals surface area contributed by atoms with Crippen LogP contribution < -0.4 is 0 Å². The molecule has 0 saturated carbocycles. The van der Waals surface area contributed by atoms with Gasteiger partial charge in [-0.1, -0.05) is 52.4 Å². The predicted octanol–water partition coefficient (Wildman–Crippen LogP) is 0.512. The molecule has 0 aliphatic carbocycles. The fraction of sp³-hybridized carbons (Fsp3) is 0.944. The van der Waals surface area contributed by atoms with Gasteiger partial charge in [-0.2, -0.15) is 0 Å². The second-order valence-electron chi connectivity index (χ2n) is 6.06. The van der Waals surface area contributed by atoms with E-state index < -0.39 is 18.2 Å². The van der Waals surface area contributed by atoms with E-state index in [0.717, 1.165) is 32.1 Å². The lowest BCUT2D eigenvalue weighted by molar-refractivity contribution is -0.142. The van der Waals surface area contributed by atoms with Crippen molar-refractivity contribution in [3.05, 3.63) is 0 Å². The van der Waals surface area contributed by atoms with E-state index in [9.17, 15) is 4.79 Å². The summed E-state index contributed by atoms with van der Waals surface area (Å²) >= 11 is 0. The Labute approximate surface area is 157 Å². The first kappa shape index (κ1) is 30.0. The first-order chi connectivity index (χ1) is 12.3. The number of hydrogen-bond acceptors (Lipinski definition) is 7. The molecule has 7 N–H and O–H groups in total. The fourth-order valence-corrected chi connectivity index (χ4v) is 1.77. The van der Waals surface area contributed by atoms with E-state index in [1.165, 1.54) is 19.3 Å². The first-order valence-electron chi connectivity index (χ1n) is 9.36. The topological polar surface area (TPSA) is 159 Å². The SMILES string of the molecule is CCCCCCC(CCCC)C(=O)O.OCC(O)CO.OCC(O)CO. The zero-order valence-electron chi connectivity index (χ0n) is 16.3. The summed E-state index contributed by atoms with van der Waals surface area (Å²) in [5, 5.41) is 57.0. The number of aliphatic hydroxyl groups excluding tert-OH is 6. The molecule has 8 nitrogen and oxygen atoms in total. The highest BCUT2D eigenvalue weighted by Crippen LogP contribution is 2.17. The van der Waals surface area contributed by atoms with Crippen LogP contribution in [0.2, 0.25) is 0 Å². The number of carbonyl (C=O) groups is 1. The number of rotatable bonds is 13. The van der Waals surface area contributed by atoms with Gasteiger partial charge in [0.05, 0.1) is 32.3 Å². The molecule has 1 unspecified atom stereocenters. The van der Waals surface area contributed by atoms with Gasteiger partial charge in [0, 0.05) is 0 Å². The minimum atomic E-state index is -0.954. The summed E-state index contributed by atoms with van der Waals surface area (Å²) in [6, 6.07) is 0. The predicted molar refractivity (Wildman–Crippen MR) is 99.8 cm³/mol. The Hall–Kier alpha value is -0.770. The Morgan fingerprint density at radius 2 is 1.08 bits per heavy atom. The molecule has 0 spiro atoms. The zero-order valence-corrected chi connectivity index (χ0v) is 16.3. The van der Waals surface area contributed by atoms with Gasteiger partial charge in [0.15, 0.2) is 0 Å². The van der Waals surface area contributed by atoms with Crippen LogP contribution in [0.25, 0.3) is 0 Å². The third kappa shape index (κ3) is 25.5. The van der Waals surface area contributed by atoms with E-state index in [0.29, 0.717) is 0 Å². The number of aliphatic hydroxyl groups is 6. The molecule has 0 amide bonds. The zero-order chi connectivity index (χ0) is 20.8. The molecule has 0 rings (SSSR count). The van der Waals surface area contributed by atoms with Crippen molar-refractivity contribution in [2.75, 3.05) is 26.4 Å². The maximum absolute atomic E-state index is 10.9. The minimum absolute atomic E-state index is 0.0909. The van der Waals surface area contributed by atoms with Gasteiger partial charge in [-0.15, -0.1) is 0 Å². The van der Waals surface area contributed by atoms with E-state index in [4.69, 9.17) is 35.7 Å². The Morgan fingerprint density at radius 3 is 1.35 bits per heavy atom. The van der Waals surface area contributed by atoms with Crippen LogP contribution in [0.3, 0.4) is 0 Å². The van der Waals surface area contributed by atoms with Gasteiger partial charge in [-0.25, -0.2) is 0 Å². The number of hydrogen-bond donors (Lipinski definition) is 7. The Balaban J connectivity index is -0.000000364. The summed E-state index contributed by atoms with van der Waals surface area (Å²) in [6.45, 7) is 2.82. The second kappa shape index (κ2) is 24.2. The average molecular weight is 385 g/mol. The van der Waals surface area contributed by atoms with Crippen molar-refractivity contribution >= 4 is 5.97 Å². The standard InChI is InChI=1S/C12H24O2.2C3H8O3/c1-3-5-7-8-10-11(12(13)14)9-6-4-2;2*4-1-3(6)2-5/h11H,3-10H2,1-2H3,(H,13,14);2*3-6H,1-2H2. The molecule has 0 aromatic rings. The molecule has 0 fully saturated rings. The van der Waals surface area contributed by atoms with E-state index in [2.05, 4.69) is 13.8 Å². The van der Waals surface area contributed by atoms with Crippen molar-refractivity contribution in [3.63, 3.8) is 0 Å². The summed E-state index contributed by atoms with van der Waals surface area (Å²) in [5.74, 6) is -0.693. The minimum Gasteiger partial charge on any atom is -0.481 e. The van der Waals surface area contributed by atoms with Gasteiger partial charge in [0.1, 0.15) is 12.2 Å². The molecule has 0 aliphatic heterocycles. The van der Waals surface area contributed by atoms with E-state index >= 15 is 0 Å². The molecule has 8 heteroatoms. The lowest BCUT2D eigenvalue weighted by Gasteiger charge is -2.10. The Morgan fingerprint density at radius 1 is 0.692 bits per heavy atom. The van der Waals surface area contributed by atoms with Crippen LogP contribution in [0.1, 0.15) is 65.2 Å². The average Bonchev–Trinajstić information content (AvgIpc) is 2.66. The van der Waals surface area contributed by atoms with Crippen LogP contribution >= 0.6 is 0 Å². The van der Waals surface area contributed by atoms with Crippen LogP contribution in [-0.4, -0.2) is 80.4 Å². The number of carboxylic acids is 1. The van der Waals surface area contributed by atoms with E-state index in [1.807, 2.05) is 0 Å². The van der Waals surface area contributed by atoms with Gasteiger partial charge in [-0.05, 0) is 12.8 Å². The van der Waals surface area contributed by atoms with Gasteiger partial charge >= 0.3 is 5.97 Å². The Kier molecular flexibility index (Phi) is 27.9. The van der Waals surface area contributed by atoms with Gasteiger partial charge < -0.3 is 35.7 Å². The van der Waals surface area contributed by atoms with Crippen molar-refractivity contribution in [3.8, 4) is 0 Å². The van der Waals surface area contributed by atoms with Gasteiger partial charge in [0.2, 0.25) is 0 Å². The van der Waals surface area contributed by atoms with Crippen molar-refractivity contribution in [2.24, 2.45) is 5.92 Å². The maximum atomic E-state index is 10.9. The third-order valence-electron chi connectivity index (χ3n) is 3.50. The maximum Gasteiger partial charge on any atom is 0.306 e. The van der Waals surface area contributed by atoms with Crippen LogP contribution in [-0.2, 0) is 4.79 Å². The molecular weight excluding hydrogens is 344 g/mol. The molecule has 0 bridgehead atoms. The van der Waals surface area contributed by atoms with Crippen LogP contribution in [0.5, 0.6) is 0 Å². The van der Waals surface area contributed by atoms with E-state index in [-0.39, 0.29) is 32.3 Å². The summed E-state index contributed by atoms with van der Waals surface area (Å²) < 4.78 is 0. The third-order valence-corrected chi connectivity index (χ3v) is 3.50. The summed E-state index contributed by atoms with van der Waals surface area (Å²) in [6.07, 6.45) is 6.68. The summed E-state index contributed by atoms with van der Waals surface area (Å²) in [5.41, 5.74) is 0. The van der Waals surface area contributed by atoms with Crippen LogP contribution in [0.4, 0.5) is 0 Å². The fourth-order valence-electron chi connectivity index (χ4n) is 1.77. The lowest BCUT2D eigenvalue weighted by Crippen LogP contribution is -2.15. The van der Waals surface area contributed by atoms with Crippen molar-refractivity contribution in [1.29, 1.82) is 0 Å². The van der Waals surface area contributed by atoms with Crippen molar-refractivity contribution in [2.45, 2.75) is 77.4 Å². The van der Waals surface area contributed by atoms with Gasteiger partial charge in [-0.3, -0.25) is 4.79 Å². The first-order valence-corrected chi connectivity index (χ1v) is 9.36. The number of carboxylic acid groups (broad SMARTS) is 1. The molecule has 0 aliphatic rings. The summed E-state index contributed by atoms with van der Waals surface area (Å²) in [7, 11) is 0. The van der Waals surface area contributed by atoms with Crippen LogP contribution in [0.15, 0.2) is 0 Å². The molecule has 26 heavy (non-hydrogen) atoms. The lowest BCUT2D eigenvalue weighted by atomic mass is 9.95. The highest BCUT2D eigenvalue weighted by molar-refractivity contribution is 5.69. The van der Waals surface area contributed by atoms with E-state index in [1.54, 1.807) is 0 Å². The molecule has 0 aromatic heterocycles. The highest BCUT2D eigenvalue weighted by atomic mass is 16.4. The van der Waals surface area contributed by atoms with Crippen molar-refractivity contribution in [1.82, 2.24) is 0 Å².